The molecule has 2 aromatic rings. The second kappa shape index (κ2) is 7.96. The van der Waals surface area contributed by atoms with Crippen LogP contribution in [0.1, 0.15) is 43.1 Å². The molecule has 1 aromatic carbocycles. The number of anilines is 1. The molecule has 0 aliphatic carbocycles. The molecule has 1 aliphatic rings. The fourth-order valence-corrected chi connectivity index (χ4v) is 3.32. The molecule has 7 heteroatoms. The molecule has 0 unspecified atom stereocenters. The first-order chi connectivity index (χ1) is 13.3. The molecule has 0 saturated carbocycles. The van der Waals surface area contributed by atoms with Crippen molar-refractivity contribution in [2.75, 3.05) is 31.1 Å². The maximum Gasteiger partial charge on any atom is 0.287 e. The predicted octanol–water partition coefficient (Wildman–Crippen LogP) is 3.64. The fourth-order valence-electron chi connectivity index (χ4n) is 3.32. The number of hydrogen-bond donors (Lipinski definition) is 0. The van der Waals surface area contributed by atoms with Gasteiger partial charge in [0.2, 0.25) is 0 Å². The van der Waals surface area contributed by atoms with Crippen LogP contribution in [0.4, 0.5) is 11.5 Å². The van der Waals surface area contributed by atoms with Gasteiger partial charge in [-0.25, -0.2) is 4.98 Å². The van der Waals surface area contributed by atoms with Crippen LogP contribution in [-0.4, -0.2) is 46.9 Å². The number of benzene rings is 1. The molecule has 1 amide bonds. The minimum atomic E-state index is -0.454. The number of aromatic nitrogens is 1. The number of rotatable bonds is 3. The summed E-state index contributed by atoms with van der Waals surface area (Å²) in [5.41, 5.74) is 1.95. The van der Waals surface area contributed by atoms with Gasteiger partial charge in [-0.05, 0) is 35.6 Å². The highest BCUT2D eigenvalue weighted by molar-refractivity contribution is 5.94. The van der Waals surface area contributed by atoms with Gasteiger partial charge in [-0.3, -0.25) is 14.9 Å². The molecule has 0 spiro atoms. The number of hydrogen-bond acceptors (Lipinski definition) is 5. The summed E-state index contributed by atoms with van der Waals surface area (Å²) in [6, 6.07) is 11.0. The third-order valence-corrected chi connectivity index (χ3v) is 5.05. The molecule has 1 saturated heterocycles. The maximum absolute atomic E-state index is 12.9. The second-order valence-electron chi connectivity index (χ2n) is 8.09. The van der Waals surface area contributed by atoms with Gasteiger partial charge in [0.15, 0.2) is 0 Å². The van der Waals surface area contributed by atoms with Gasteiger partial charge in [-0.2, -0.15) is 0 Å². The predicted molar refractivity (Wildman–Crippen MR) is 109 cm³/mol. The van der Waals surface area contributed by atoms with Crippen LogP contribution in [0.15, 0.2) is 42.6 Å². The largest absolute Gasteiger partial charge is 0.355 e. The summed E-state index contributed by atoms with van der Waals surface area (Å²) in [5, 5.41) is 10.8. The Morgan fingerprint density at radius 3 is 2.32 bits per heavy atom. The number of nitrogens with zero attached hydrogens (tertiary/aromatic N) is 4. The van der Waals surface area contributed by atoms with E-state index < -0.39 is 4.92 Å². The van der Waals surface area contributed by atoms with Gasteiger partial charge in [0.05, 0.1) is 4.92 Å². The fraction of sp³-hybridized carbons (Fsp3) is 0.429. The van der Waals surface area contributed by atoms with Crippen molar-refractivity contribution >= 4 is 17.4 Å². The SMILES string of the molecule is CC(C)(C)c1ccc(C(=O)N2CCCN(c3ccc([N+](=O)[O-])cn3)CC2)cc1. The van der Waals surface area contributed by atoms with Gasteiger partial charge in [0.25, 0.3) is 11.6 Å². The smallest absolute Gasteiger partial charge is 0.287 e. The van der Waals surface area contributed by atoms with Crippen molar-refractivity contribution in [3.63, 3.8) is 0 Å². The van der Waals surface area contributed by atoms with Crippen molar-refractivity contribution in [1.82, 2.24) is 9.88 Å². The van der Waals surface area contributed by atoms with E-state index in [-0.39, 0.29) is 17.0 Å². The van der Waals surface area contributed by atoms with Gasteiger partial charge in [-0.15, -0.1) is 0 Å². The molecule has 0 radical (unpaired) electrons. The van der Waals surface area contributed by atoms with Crippen LogP contribution >= 0.6 is 0 Å². The van der Waals surface area contributed by atoms with Gasteiger partial charge in [0.1, 0.15) is 12.0 Å². The van der Waals surface area contributed by atoms with E-state index in [1.54, 1.807) is 6.07 Å². The Labute approximate surface area is 165 Å². The first-order valence-corrected chi connectivity index (χ1v) is 9.51. The number of nitro groups is 1. The zero-order valence-electron chi connectivity index (χ0n) is 16.6. The minimum Gasteiger partial charge on any atom is -0.355 e. The molecule has 1 aromatic heterocycles. The van der Waals surface area contributed by atoms with Crippen molar-refractivity contribution in [1.29, 1.82) is 0 Å². The standard InChI is InChI=1S/C21H26N4O3/c1-21(2,3)17-7-5-16(6-8-17)20(26)24-12-4-11-23(13-14-24)19-10-9-18(15-22-19)25(27)28/h5-10,15H,4,11-14H2,1-3H3. The van der Waals surface area contributed by atoms with Crippen molar-refractivity contribution in [3.8, 4) is 0 Å². The molecule has 1 aliphatic heterocycles. The summed E-state index contributed by atoms with van der Waals surface area (Å²) < 4.78 is 0. The molecule has 0 N–H and O–H groups in total. The van der Waals surface area contributed by atoms with Crippen LogP contribution in [0, 0.1) is 10.1 Å². The summed E-state index contributed by atoms with van der Waals surface area (Å²) in [5.74, 6) is 0.744. The van der Waals surface area contributed by atoms with Gasteiger partial charge in [0, 0.05) is 37.8 Å². The quantitative estimate of drug-likeness (QED) is 0.598. The van der Waals surface area contributed by atoms with Gasteiger partial charge < -0.3 is 9.80 Å². The molecular weight excluding hydrogens is 356 g/mol. The number of carbonyl (C=O) groups is 1. The van der Waals surface area contributed by atoms with Crippen LogP contribution < -0.4 is 4.90 Å². The summed E-state index contributed by atoms with van der Waals surface area (Å²) in [4.78, 5) is 31.4. The van der Waals surface area contributed by atoms with E-state index >= 15 is 0 Å². The Hall–Kier alpha value is -2.96. The highest BCUT2D eigenvalue weighted by atomic mass is 16.6. The van der Waals surface area contributed by atoms with E-state index in [1.807, 2.05) is 29.2 Å². The number of pyridine rings is 1. The van der Waals surface area contributed by atoms with E-state index in [4.69, 9.17) is 0 Å². The first-order valence-electron chi connectivity index (χ1n) is 9.51. The summed E-state index contributed by atoms with van der Waals surface area (Å²) in [6.07, 6.45) is 2.10. The summed E-state index contributed by atoms with van der Waals surface area (Å²) in [7, 11) is 0. The Balaban J connectivity index is 1.66. The lowest BCUT2D eigenvalue weighted by molar-refractivity contribution is -0.385. The Kier molecular flexibility index (Phi) is 5.63. The Bertz CT molecular complexity index is 841. The Morgan fingerprint density at radius 1 is 1.04 bits per heavy atom. The maximum atomic E-state index is 12.9. The Morgan fingerprint density at radius 2 is 1.75 bits per heavy atom. The molecule has 7 nitrogen and oxygen atoms in total. The van der Waals surface area contributed by atoms with Crippen molar-refractivity contribution in [2.45, 2.75) is 32.6 Å². The van der Waals surface area contributed by atoms with Crippen LogP contribution in [0.5, 0.6) is 0 Å². The van der Waals surface area contributed by atoms with E-state index in [9.17, 15) is 14.9 Å². The minimum absolute atomic E-state index is 0.0194. The molecular formula is C21H26N4O3. The zero-order chi connectivity index (χ0) is 20.3. The monoisotopic (exact) mass is 382 g/mol. The molecule has 0 atom stereocenters. The topological polar surface area (TPSA) is 79.6 Å². The molecule has 0 bridgehead atoms. The van der Waals surface area contributed by atoms with E-state index in [0.717, 1.165) is 13.0 Å². The summed E-state index contributed by atoms with van der Waals surface area (Å²) >= 11 is 0. The molecule has 2 heterocycles. The third kappa shape index (κ3) is 4.47. The average molecular weight is 382 g/mol. The van der Waals surface area contributed by atoms with Crippen LogP contribution in [-0.2, 0) is 5.41 Å². The third-order valence-electron chi connectivity index (χ3n) is 5.05. The van der Waals surface area contributed by atoms with Crippen LogP contribution in [0.3, 0.4) is 0 Å². The number of carbonyl (C=O) groups excluding carboxylic acids is 1. The van der Waals surface area contributed by atoms with Gasteiger partial charge in [-0.1, -0.05) is 32.9 Å². The summed E-state index contributed by atoms with van der Waals surface area (Å²) in [6.45, 7) is 9.15. The van der Waals surface area contributed by atoms with Crippen LogP contribution in [0.2, 0.25) is 0 Å². The molecule has 148 valence electrons. The second-order valence-corrected chi connectivity index (χ2v) is 8.09. The van der Waals surface area contributed by atoms with E-state index in [0.29, 0.717) is 31.0 Å². The van der Waals surface area contributed by atoms with Crippen molar-refractivity contribution in [3.05, 3.63) is 63.8 Å². The molecule has 3 rings (SSSR count). The van der Waals surface area contributed by atoms with Gasteiger partial charge >= 0.3 is 0 Å². The lowest BCUT2D eigenvalue weighted by atomic mass is 9.86. The highest BCUT2D eigenvalue weighted by Crippen LogP contribution is 2.23. The van der Waals surface area contributed by atoms with Crippen molar-refractivity contribution < 1.29 is 9.72 Å². The van der Waals surface area contributed by atoms with E-state index in [1.165, 1.54) is 17.8 Å². The molecule has 28 heavy (non-hydrogen) atoms. The lowest BCUT2D eigenvalue weighted by Crippen LogP contribution is -2.35. The zero-order valence-corrected chi connectivity index (χ0v) is 16.6. The normalized spacial score (nSPS) is 15.2. The lowest BCUT2D eigenvalue weighted by Gasteiger charge is -2.23. The number of amides is 1. The van der Waals surface area contributed by atoms with E-state index in [2.05, 4.69) is 30.7 Å². The highest BCUT2D eigenvalue weighted by Gasteiger charge is 2.22. The van der Waals surface area contributed by atoms with Crippen LogP contribution in [0.25, 0.3) is 0 Å². The van der Waals surface area contributed by atoms with Crippen molar-refractivity contribution in [2.24, 2.45) is 0 Å². The first kappa shape index (κ1) is 19.8. The molecule has 1 fully saturated rings. The average Bonchev–Trinajstić information content (AvgIpc) is 2.93.